The Balaban J connectivity index is 1.59. The number of rotatable bonds is 1. The van der Waals surface area contributed by atoms with E-state index in [2.05, 4.69) is 19.9 Å². The predicted octanol–water partition coefficient (Wildman–Crippen LogP) is 4.45. The topological polar surface area (TPSA) is 43.4 Å². The van der Waals surface area contributed by atoms with Gasteiger partial charge in [-0.1, -0.05) is 25.5 Å². The number of ketones is 1. The minimum absolute atomic E-state index is 0.0697. The van der Waals surface area contributed by atoms with Gasteiger partial charge in [-0.15, -0.1) is 0 Å². The molecule has 0 amide bonds. The molecule has 3 fully saturated rings. The number of allylic oxidation sites excluding steroid dienone is 1. The molecule has 4 aliphatic carbocycles. The first-order valence-electron chi connectivity index (χ1n) is 9.70. The van der Waals surface area contributed by atoms with Crippen LogP contribution in [0.5, 0.6) is 0 Å². The molecule has 0 heterocycles. The largest absolute Gasteiger partial charge is 0.462 e. The molecule has 0 radical (unpaired) electrons. The van der Waals surface area contributed by atoms with E-state index in [1.807, 2.05) is 0 Å². The molecule has 132 valence electrons. The monoisotopic (exact) mass is 330 g/mol. The van der Waals surface area contributed by atoms with Crippen LogP contribution in [0, 0.1) is 28.6 Å². The fraction of sp³-hybridized carbons (Fsp3) is 0.810. The van der Waals surface area contributed by atoms with Crippen LogP contribution >= 0.6 is 0 Å². The van der Waals surface area contributed by atoms with Crippen LogP contribution in [0.3, 0.4) is 0 Å². The Morgan fingerprint density at radius 3 is 2.71 bits per heavy atom. The summed E-state index contributed by atoms with van der Waals surface area (Å²) < 4.78 is 5.50. The SMILES string of the molecule is CC(=O)OC1CC[C@@]2(C)C(=CC[C@H]3[C@@H]4CC(=O)C[C@@]4(C)CC[C@@H]32)C1. The van der Waals surface area contributed by atoms with Crippen molar-refractivity contribution in [1.29, 1.82) is 0 Å². The van der Waals surface area contributed by atoms with Crippen molar-refractivity contribution in [3.8, 4) is 0 Å². The first-order chi connectivity index (χ1) is 11.3. The van der Waals surface area contributed by atoms with Crippen molar-refractivity contribution < 1.29 is 14.3 Å². The fourth-order valence-corrected chi connectivity index (χ4v) is 6.74. The normalized spacial score (nSPS) is 47.3. The summed E-state index contributed by atoms with van der Waals surface area (Å²) in [5.41, 5.74) is 2.04. The highest BCUT2D eigenvalue weighted by Crippen LogP contribution is 2.64. The van der Waals surface area contributed by atoms with Gasteiger partial charge in [-0.25, -0.2) is 0 Å². The Labute approximate surface area is 145 Å². The number of Topliss-reactive ketones (excluding diaryl/α,β-unsaturated/α-hetero) is 1. The van der Waals surface area contributed by atoms with Gasteiger partial charge < -0.3 is 4.74 Å². The van der Waals surface area contributed by atoms with E-state index < -0.39 is 0 Å². The minimum atomic E-state index is -0.157. The van der Waals surface area contributed by atoms with Crippen molar-refractivity contribution in [2.45, 2.75) is 78.2 Å². The quantitative estimate of drug-likeness (QED) is 0.527. The third-order valence-corrected chi connectivity index (χ3v) is 7.96. The molecule has 4 rings (SSSR count). The van der Waals surface area contributed by atoms with E-state index in [0.29, 0.717) is 23.5 Å². The summed E-state index contributed by atoms with van der Waals surface area (Å²) in [5.74, 6) is 2.30. The van der Waals surface area contributed by atoms with Gasteiger partial charge in [0.05, 0.1) is 0 Å². The van der Waals surface area contributed by atoms with Gasteiger partial charge in [-0.3, -0.25) is 9.59 Å². The average Bonchev–Trinajstić information content (AvgIpc) is 2.81. The molecule has 0 aromatic carbocycles. The summed E-state index contributed by atoms with van der Waals surface area (Å²) >= 11 is 0. The molecular formula is C21H30O3. The smallest absolute Gasteiger partial charge is 0.302 e. The molecule has 1 unspecified atom stereocenters. The second-order valence-corrected chi connectivity index (χ2v) is 9.35. The van der Waals surface area contributed by atoms with Crippen molar-refractivity contribution >= 4 is 11.8 Å². The van der Waals surface area contributed by atoms with E-state index in [9.17, 15) is 9.59 Å². The molecule has 0 aromatic heterocycles. The molecular weight excluding hydrogens is 300 g/mol. The van der Waals surface area contributed by atoms with Crippen molar-refractivity contribution in [2.75, 3.05) is 0 Å². The molecule has 3 nitrogen and oxygen atoms in total. The Morgan fingerprint density at radius 2 is 1.96 bits per heavy atom. The Kier molecular flexibility index (Phi) is 3.71. The van der Waals surface area contributed by atoms with Gasteiger partial charge in [0.15, 0.2) is 0 Å². The zero-order chi connectivity index (χ0) is 17.1. The van der Waals surface area contributed by atoms with Crippen LogP contribution in [-0.4, -0.2) is 17.9 Å². The van der Waals surface area contributed by atoms with Crippen LogP contribution in [0.15, 0.2) is 11.6 Å². The second-order valence-electron chi connectivity index (χ2n) is 9.35. The molecule has 0 N–H and O–H groups in total. The Hall–Kier alpha value is -1.12. The van der Waals surface area contributed by atoms with Crippen molar-refractivity contribution in [1.82, 2.24) is 0 Å². The number of hydrogen-bond donors (Lipinski definition) is 0. The molecule has 3 saturated carbocycles. The second kappa shape index (κ2) is 5.44. The summed E-state index contributed by atoms with van der Waals surface area (Å²) in [5, 5.41) is 0. The van der Waals surface area contributed by atoms with Gasteiger partial charge in [0.2, 0.25) is 0 Å². The van der Waals surface area contributed by atoms with Crippen molar-refractivity contribution in [2.24, 2.45) is 28.6 Å². The van der Waals surface area contributed by atoms with Crippen LogP contribution in [-0.2, 0) is 14.3 Å². The lowest BCUT2D eigenvalue weighted by atomic mass is 9.48. The zero-order valence-electron chi connectivity index (χ0n) is 15.3. The summed E-state index contributed by atoms with van der Waals surface area (Å²) in [7, 11) is 0. The zero-order valence-corrected chi connectivity index (χ0v) is 15.3. The summed E-state index contributed by atoms with van der Waals surface area (Å²) in [6, 6.07) is 0. The third kappa shape index (κ3) is 2.38. The van der Waals surface area contributed by atoms with Gasteiger partial charge in [-0.05, 0) is 60.7 Å². The van der Waals surface area contributed by atoms with E-state index >= 15 is 0 Å². The van der Waals surface area contributed by atoms with Gasteiger partial charge in [0.25, 0.3) is 0 Å². The first kappa shape index (κ1) is 16.4. The number of hydrogen-bond acceptors (Lipinski definition) is 3. The maximum atomic E-state index is 12.1. The highest BCUT2D eigenvalue weighted by Gasteiger charge is 2.57. The highest BCUT2D eigenvalue weighted by molar-refractivity contribution is 5.82. The number of esters is 1. The summed E-state index contributed by atoms with van der Waals surface area (Å²) in [6.45, 7) is 6.31. The Bertz CT molecular complexity index is 606. The maximum Gasteiger partial charge on any atom is 0.302 e. The number of ether oxygens (including phenoxy) is 1. The number of fused-ring (bicyclic) bond motifs is 5. The van der Waals surface area contributed by atoms with E-state index in [1.54, 1.807) is 0 Å². The van der Waals surface area contributed by atoms with Gasteiger partial charge in [0, 0.05) is 26.2 Å². The predicted molar refractivity (Wildman–Crippen MR) is 92.3 cm³/mol. The van der Waals surface area contributed by atoms with E-state index in [4.69, 9.17) is 4.74 Å². The van der Waals surface area contributed by atoms with Gasteiger partial charge >= 0.3 is 5.97 Å². The summed E-state index contributed by atoms with van der Waals surface area (Å²) in [6.07, 6.45) is 10.8. The van der Waals surface area contributed by atoms with Crippen LogP contribution < -0.4 is 0 Å². The molecule has 0 spiro atoms. The standard InChI is InChI=1S/C21H30O3/c1-13(22)24-16-6-9-21(3)14(10-16)4-5-17-18(21)7-8-20(2)12-15(23)11-19(17)20/h4,16-19H,5-12H2,1-3H3/t16?,17-,18+,19+,20-,21+/m1/s1. The van der Waals surface area contributed by atoms with Crippen LogP contribution in [0.1, 0.15) is 72.1 Å². The molecule has 0 bridgehead atoms. The Morgan fingerprint density at radius 1 is 1.17 bits per heavy atom. The van der Waals surface area contributed by atoms with Crippen LogP contribution in [0.2, 0.25) is 0 Å². The lowest BCUT2D eigenvalue weighted by Gasteiger charge is -2.57. The number of carbonyl (C=O) groups is 2. The lowest BCUT2D eigenvalue weighted by molar-refractivity contribution is -0.148. The van der Waals surface area contributed by atoms with Crippen molar-refractivity contribution in [3.63, 3.8) is 0 Å². The third-order valence-electron chi connectivity index (χ3n) is 7.96. The molecule has 0 aliphatic heterocycles. The fourth-order valence-electron chi connectivity index (χ4n) is 6.74. The molecule has 6 atom stereocenters. The average molecular weight is 330 g/mol. The van der Waals surface area contributed by atoms with Crippen molar-refractivity contribution in [3.05, 3.63) is 11.6 Å². The molecule has 4 aliphatic rings. The van der Waals surface area contributed by atoms with Gasteiger partial charge in [0.1, 0.15) is 11.9 Å². The highest BCUT2D eigenvalue weighted by atomic mass is 16.5. The minimum Gasteiger partial charge on any atom is -0.462 e. The number of carbonyl (C=O) groups excluding carboxylic acids is 2. The van der Waals surface area contributed by atoms with E-state index in [1.165, 1.54) is 25.3 Å². The first-order valence-corrected chi connectivity index (χ1v) is 9.70. The van der Waals surface area contributed by atoms with Gasteiger partial charge in [-0.2, -0.15) is 0 Å². The van der Waals surface area contributed by atoms with Crippen LogP contribution in [0.25, 0.3) is 0 Å². The lowest BCUT2D eigenvalue weighted by Crippen LogP contribution is -2.49. The van der Waals surface area contributed by atoms with E-state index in [0.717, 1.165) is 38.5 Å². The molecule has 3 heteroatoms. The van der Waals surface area contributed by atoms with E-state index in [-0.39, 0.29) is 22.9 Å². The van der Waals surface area contributed by atoms with Crippen LogP contribution in [0.4, 0.5) is 0 Å². The molecule has 0 saturated heterocycles. The maximum absolute atomic E-state index is 12.1. The summed E-state index contributed by atoms with van der Waals surface area (Å²) in [4.78, 5) is 23.4. The molecule has 0 aromatic rings. The molecule has 24 heavy (non-hydrogen) atoms.